The van der Waals surface area contributed by atoms with Crippen molar-refractivity contribution in [3.8, 4) is 0 Å². The molecule has 1 aliphatic rings. The summed E-state index contributed by atoms with van der Waals surface area (Å²) < 4.78 is 0. The summed E-state index contributed by atoms with van der Waals surface area (Å²) in [5, 5.41) is 4.10. The monoisotopic (exact) mass is 358 g/mol. The third-order valence-corrected chi connectivity index (χ3v) is 3.93. The second-order valence-corrected chi connectivity index (χ2v) is 6.43. The van der Waals surface area contributed by atoms with Crippen LogP contribution in [0.3, 0.4) is 0 Å². The molecule has 0 atom stereocenters. The van der Waals surface area contributed by atoms with Gasteiger partial charge in [-0.05, 0) is 32.4 Å². The first kappa shape index (κ1) is 19.3. The minimum Gasteiger partial charge on any atom is -0.346 e. The van der Waals surface area contributed by atoms with Crippen LogP contribution >= 0.6 is 0 Å². The number of carbonyl (C=O) groups excluding carboxylic acids is 3. The van der Waals surface area contributed by atoms with Gasteiger partial charge >= 0.3 is 5.97 Å². The van der Waals surface area contributed by atoms with E-state index in [2.05, 4.69) is 20.7 Å². The van der Waals surface area contributed by atoms with E-state index in [0.717, 1.165) is 0 Å². The normalized spacial score (nSPS) is 16.6. The van der Waals surface area contributed by atoms with Gasteiger partial charge in [0.1, 0.15) is 11.4 Å². The van der Waals surface area contributed by atoms with Gasteiger partial charge in [-0.15, -0.1) is 0 Å². The lowest BCUT2D eigenvalue weighted by molar-refractivity contribution is -0.142. The van der Waals surface area contributed by atoms with Gasteiger partial charge in [0.15, 0.2) is 0 Å². The molecule has 2 amide bonds. The van der Waals surface area contributed by atoms with Crippen LogP contribution in [-0.4, -0.2) is 41.1 Å². The van der Waals surface area contributed by atoms with Crippen LogP contribution in [0.5, 0.6) is 0 Å². The maximum atomic E-state index is 12.7. The Bertz CT molecular complexity index is 769. The Kier molecular flexibility index (Phi) is 5.89. The van der Waals surface area contributed by atoms with Crippen molar-refractivity contribution in [3.63, 3.8) is 0 Å². The standard InChI is InChI=1S/C18H22N4O4/c1-5-18(2,3)20-16(24)13(11-14-17(25)26-21-22(14)4)19-15(23)12-9-7-6-8-10-12/h6-11,21H,5H2,1-4H3,(H,20,24)/b14-11-,19-13?. The maximum Gasteiger partial charge on any atom is 0.376 e. The minimum atomic E-state index is -0.671. The summed E-state index contributed by atoms with van der Waals surface area (Å²) in [5.41, 5.74) is 2.08. The van der Waals surface area contributed by atoms with Crippen molar-refractivity contribution < 1.29 is 19.2 Å². The smallest absolute Gasteiger partial charge is 0.346 e. The summed E-state index contributed by atoms with van der Waals surface area (Å²) in [5.74, 6) is -1.81. The topological polar surface area (TPSA) is 100 Å². The lowest BCUT2D eigenvalue weighted by atomic mass is 10.0. The first-order valence-corrected chi connectivity index (χ1v) is 8.16. The van der Waals surface area contributed by atoms with Gasteiger partial charge in [0.05, 0.1) is 0 Å². The van der Waals surface area contributed by atoms with Crippen LogP contribution in [0, 0.1) is 0 Å². The maximum absolute atomic E-state index is 12.7. The zero-order valence-corrected chi connectivity index (χ0v) is 15.2. The van der Waals surface area contributed by atoms with E-state index in [0.29, 0.717) is 12.0 Å². The van der Waals surface area contributed by atoms with Gasteiger partial charge in [-0.1, -0.05) is 30.7 Å². The predicted octanol–water partition coefficient (Wildman–Crippen LogP) is 1.36. The fourth-order valence-corrected chi connectivity index (χ4v) is 2.00. The summed E-state index contributed by atoms with van der Waals surface area (Å²) in [4.78, 5) is 45.4. The summed E-state index contributed by atoms with van der Waals surface area (Å²) in [6.45, 7) is 5.63. The molecule has 1 saturated heterocycles. The van der Waals surface area contributed by atoms with Gasteiger partial charge in [0, 0.05) is 24.2 Å². The highest BCUT2D eigenvalue weighted by atomic mass is 16.7. The van der Waals surface area contributed by atoms with E-state index in [-0.39, 0.29) is 11.4 Å². The molecule has 1 aromatic carbocycles. The second kappa shape index (κ2) is 7.92. The van der Waals surface area contributed by atoms with Crippen LogP contribution in [0.15, 0.2) is 47.1 Å². The van der Waals surface area contributed by atoms with Crippen molar-refractivity contribution in [2.24, 2.45) is 4.99 Å². The third kappa shape index (κ3) is 4.76. The van der Waals surface area contributed by atoms with Gasteiger partial charge in [0.25, 0.3) is 11.8 Å². The molecule has 0 unspecified atom stereocenters. The van der Waals surface area contributed by atoms with Crippen LogP contribution in [0.2, 0.25) is 0 Å². The molecular weight excluding hydrogens is 336 g/mol. The number of carbonyl (C=O) groups is 3. The molecule has 0 saturated carbocycles. The van der Waals surface area contributed by atoms with Crippen LogP contribution in [0.4, 0.5) is 0 Å². The molecule has 8 heteroatoms. The molecule has 0 aliphatic carbocycles. The summed E-state index contributed by atoms with van der Waals surface area (Å²) >= 11 is 0. The SMILES string of the molecule is CCC(C)(C)NC(=O)C(/C=C1/C(=O)ONN1C)=NC(=O)c1ccccc1. The average Bonchev–Trinajstić information content (AvgIpc) is 2.93. The van der Waals surface area contributed by atoms with Crippen molar-refractivity contribution in [3.05, 3.63) is 47.7 Å². The number of hydrogen-bond acceptors (Lipinski definition) is 6. The number of aliphatic imine (C=N–C) groups is 1. The first-order chi connectivity index (χ1) is 12.2. The molecule has 2 rings (SSSR count). The average molecular weight is 358 g/mol. The van der Waals surface area contributed by atoms with Crippen molar-refractivity contribution in [2.75, 3.05) is 7.05 Å². The molecule has 26 heavy (non-hydrogen) atoms. The van der Waals surface area contributed by atoms with E-state index in [9.17, 15) is 14.4 Å². The molecule has 1 aromatic rings. The largest absolute Gasteiger partial charge is 0.376 e. The second-order valence-electron chi connectivity index (χ2n) is 6.43. The number of amides is 2. The Morgan fingerprint density at radius 2 is 1.96 bits per heavy atom. The lowest BCUT2D eigenvalue weighted by Gasteiger charge is -2.24. The number of rotatable bonds is 5. The first-order valence-electron chi connectivity index (χ1n) is 8.16. The van der Waals surface area contributed by atoms with E-state index < -0.39 is 23.3 Å². The zero-order chi connectivity index (χ0) is 19.3. The number of likely N-dealkylation sites (N-methyl/N-ethyl adjacent to an activating group) is 1. The molecular formula is C18H22N4O4. The van der Waals surface area contributed by atoms with E-state index in [1.165, 1.54) is 11.1 Å². The van der Waals surface area contributed by atoms with Gasteiger partial charge in [0.2, 0.25) is 0 Å². The third-order valence-electron chi connectivity index (χ3n) is 3.93. The fraction of sp³-hybridized carbons (Fsp3) is 0.333. The Hall–Kier alpha value is -3.00. The van der Waals surface area contributed by atoms with Gasteiger partial charge in [-0.2, -0.15) is 0 Å². The number of nitrogens with one attached hydrogen (secondary N) is 2. The lowest BCUT2D eigenvalue weighted by Crippen LogP contribution is -2.46. The highest BCUT2D eigenvalue weighted by molar-refractivity contribution is 6.45. The fourth-order valence-electron chi connectivity index (χ4n) is 2.00. The molecule has 1 fully saturated rings. The molecule has 0 bridgehead atoms. The zero-order valence-electron chi connectivity index (χ0n) is 15.2. The predicted molar refractivity (Wildman–Crippen MR) is 95.8 cm³/mol. The van der Waals surface area contributed by atoms with Crippen molar-refractivity contribution >= 4 is 23.5 Å². The summed E-state index contributed by atoms with van der Waals surface area (Å²) in [7, 11) is 1.54. The Morgan fingerprint density at radius 3 is 2.50 bits per heavy atom. The Balaban J connectivity index is 2.40. The van der Waals surface area contributed by atoms with E-state index in [1.807, 2.05) is 20.8 Å². The number of hydrazine groups is 1. The van der Waals surface area contributed by atoms with E-state index >= 15 is 0 Å². The molecule has 0 aromatic heterocycles. The highest BCUT2D eigenvalue weighted by Gasteiger charge is 2.28. The number of benzene rings is 1. The van der Waals surface area contributed by atoms with Gasteiger partial charge in [-0.25, -0.2) is 9.79 Å². The van der Waals surface area contributed by atoms with Crippen LogP contribution < -0.4 is 10.9 Å². The van der Waals surface area contributed by atoms with Crippen LogP contribution in [0.1, 0.15) is 37.6 Å². The highest BCUT2D eigenvalue weighted by Crippen LogP contribution is 2.11. The molecule has 2 N–H and O–H groups in total. The Labute approximate surface area is 151 Å². The molecule has 138 valence electrons. The van der Waals surface area contributed by atoms with Gasteiger partial charge < -0.3 is 10.2 Å². The summed E-state index contributed by atoms with van der Waals surface area (Å²) in [6, 6.07) is 8.37. The van der Waals surface area contributed by atoms with Crippen molar-refractivity contribution in [1.82, 2.24) is 15.9 Å². The Morgan fingerprint density at radius 1 is 1.31 bits per heavy atom. The quantitative estimate of drug-likeness (QED) is 0.609. The number of nitrogens with zero attached hydrogens (tertiary/aromatic N) is 2. The molecule has 0 spiro atoms. The number of hydrogen-bond donors (Lipinski definition) is 2. The van der Waals surface area contributed by atoms with Crippen molar-refractivity contribution in [1.29, 1.82) is 0 Å². The molecule has 1 heterocycles. The van der Waals surface area contributed by atoms with Crippen molar-refractivity contribution in [2.45, 2.75) is 32.7 Å². The molecule has 0 radical (unpaired) electrons. The van der Waals surface area contributed by atoms with Crippen LogP contribution in [0.25, 0.3) is 0 Å². The van der Waals surface area contributed by atoms with Gasteiger partial charge in [-0.3, -0.25) is 14.6 Å². The molecule has 1 aliphatic heterocycles. The molecule has 8 nitrogen and oxygen atoms in total. The van der Waals surface area contributed by atoms with E-state index in [4.69, 9.17) is 0 Å². The van der Waals surface area contributed by atoms with E-state index in [1.54, 1.807) is 37.4 Å². The summed E-state index contributed by atoms with van der Waals surface area (Å²) in [6.07, 6.45) is 1.91. The van der Waals surface area contributed by atoms with Crippen LogP contribution in [-0.2, 0) is 14.4 Å². The minimum absolute atomic E-state index is 0.0640.